The van der Waals surface area contributed by atoms with E-state index in [1.165, 1.54) is 29.2 Å². The number of aryl methyl sites for hydroxylation is 1. The summed E-state index contributed by atoms with van der Waals surface area (Å²) >= 11 is 4.86. The van der Waals surface area contributed by atoms with E-state index < -0.39 is 17.5 Å². The fourth-order valence-corrected chi connectivity index (χ4v) is 3.00. The highest BCUT2D eigenvalue weighted by Gasteiger charge is 2.18. The Kier molecular flexibility index (Phi) is 4.55. The third-order valence-corrected chi connectivity index (χ3v) is 4.42. The van der Waals surface area contributed by atoms with Crippen molar-refractivity contribution in [2.75, 3.05) is 7.05 Å². The first-order valence-corrected chi connectivity index (χ1v) is 7.49. The summed E-state index contributed by atoms with van der Waals surface area (Å²) in [6.45, 7) is 1.87. The Bertz CT molecular complexity index is 657. The Hall–Kier alpha value is -1.27. The van der Waals surface area contributed by atoms with Crippen LogP contribution in [0.1, 0.15) is 21.5 Å². The van der Waals surface area contributed by atoms with Crippen LogP contribution in [0.4, 0.5) is 8.78 Å². The van der Waals surface area contributed by atoms with Crippen LogP contribution in [0.5, 0.6) is 0 Å². The molecule has 0 aliphatic carbocycles. The summed E-state index contributed by atoms with van der Waals surface area (Å²) in [7, 11) is 1.59. The molecule has 2 nitrogen and oxygen atoms in total. The number of halogens is 3. The quantitative estimate of drug-likeness (QED) is 0.796. The van der Waals surface area contributed by atoms with Crippen LogP contribution in [0.3, 0.4) is 0 Å². The third kappa shape index (κ3) is 3.24. The molecule has 1 aromatic heterocycles. The number of carbonyl (C=O) groups excluding carboxylic acids is 1. The summed E-state index contributed by atoms with van der Waals surface area (Å²) in [5, 5.41) is 1.92. The van der Waals surface area contributed by atoms with Crippen LogP contribution in [-0.4, -0.2) is 17.9 Å². The minimum absolute atomic E-state index is 0.110. The molecule has 1 aromatic carbocycles. The van der Waals surface area contributed by atoms with Crippen LogP contribution in [0.25, 0.3) is 0 Å². The molecule has 0 saturated carbocycles. The molecule has 0 saturated heterocycles. The van der Waals surface area contributed by atoms with Crippen molar-refractivity contribution in [2.24, 2.45) is 0 Å². The van der Waals surface area contributed by atoms with Crippen LogP contribution < -0.4 is 0 Å². The molecule has 0 aliphatic rings. The average molecular weight is 360 g/mol. The van der Waals surface area contributed by atoms with Crippen molar-refractivity contribution < 1.29 is 13.6 Å². The second-order valence-corrected chi connectivity index (χ2v) is 6.79. The van der Waals surface area contributed by atoms with Crippen molar-refractivity contribution in [2.45, 2.75) is 13.5 Å². The van der Waals surface area contributed by atoms with Gasteiger partial charge in [0.25, 0.3) is 5.91 Å². The van der Waals surface area contributed by atoms with Crippen molar-refractivity contribution in [3.05, 3.63) is 55.7 Å². The maximum Gasteiger partial charge on any atom is 0.256 e. The van der Waals surface area contributed by atoms with Crippen molar-refractivity contribution >= 4 is 33.2 Å². The molecule has 0 spiro atoms. The zero-order valence-electron chi connectivity index (χ0n) is 10.9. The average Bonchev–Trinajstić information content (AvgIpc) is 2.78. The molecule has 0 bridgehead atoms. The van der Waals surface area contributed by atoms with Crippen LogP contribution in [0.2, 0.25) is 0 Å². The first-order valence-electron chi connectivity index (χ1n) is 5.82. The first-order chi connectivity index (χ1) is 9.38. The summed E-state index contributed by atoms with van der Waals surface area (Å²) in [4.78, 5) is 13.6. The van der Waals surface area contributed by atoms with Crippen LogP contribution in [0, 0.1) is 18.6 Å². The monoisotopic (exact) mass is 359 g/mol. The van der Waals surface area contributed by atoms with E-state index in [9.17, 15) is 13.6 Å². The minimum atomic E-state index is -0.837. The highest BCUT2D eigenvalue weighted by atomic mass is 79.9. The van der Waals surface area contributed by atoms with Gasteiger partial charge in [0.05, 0.1) is 9.35 Å². The summed E-state index contributed by atoms with van der Waals surface area (Å²) in [6.07, 6.45) is 0. The van der Waals surface area contributed by atoms with E-state index in [1.807, 2.05) is 11.4 Å². The number of hydrogen-bond acceptors (Lipinski definition) is 2. The lowest BCUT2D eigenvalue weighted by Gasteiger charge is -2.17. The maximum atomic E-state index is 13.7. The highest BCUT2D eigenvalue weighted by molar-refractivity contribution is 9.11. The molecule has 2 aromatic rings. The van der Waals surface area contributed by atoms with Gasteiger partial charge in [-0.1, -0.05) is 0 Å². The Morgan fingerprint density at radius 1 is 1.30 bits per heavy atom. The maximum absolute atomic E-state index is 13.7. The highest BCUT2D eigenvalue weighted by Crippen LogP contribution is 2.22. The van der Waals surface area contributed by atoms with E-state index in [1.54, 1.807) is 7.05 Å². The van der Waals surface area contributed by atoms with E-state index in [2.05, 4.69) is 15.9 Å². The fraction of sp³-hybridized carbons (Fsp3) is 0.214. The Balaban J connectivity index is 2.20. The topological polar surface area (TPSA) is 20.3 Å². The molecule has 6 heteroatoms. The van der Waals surface area contributed by atoms with Crippen molar-refractivity contribution in [1.29, 1.82) is 0 Å². The van der Waals surface area contributed by atoms with Gasteiger partial charge >= 0.3 is 0 Å². The van der Waals surface area contributed by atoms with Gasteiger partial charge < -0.3 is 4.90 Å². The normalized spacial score (nSPS) is 10.7. The number of amides is 1. The molecule has 0 unspecified atom stereocenters. The number of rotatable bonds is 3. The van der Waals surface area contributed by atoms with Gasteiger partial charge in [-0.15, -0.1) is 11.3 Å². The Labute approximate surface area is 128 Å². The zero-order valence-corrected chi connectivity index (χ0v) is 13.3. The summed E-state index contributed by atoms with van der Waals surface area (Å²) in [6, 6.07) is 3.89. The first kappa shape index (κ1) is 15.1. The van der Waals surface area contributed by atoms with E-state index in [0.29, 0.717) is 6.54 Å². The zero-order chi connectivity index (χ0) is 14.9. The smallest absolute Gasteiger partial charge is 0.256 e. The lowest BCUT2D eigenvalue weighted by Crippen LogP contribution is -2.27. The molecule has 0 atom stereocenters. The second kappa shape index (κ2) is 6.01. The van der Waals surface area contributed by atoms with E-state index in [0.717, 1.165) is 15.4 Å². The lowest BCUT2D eigenvalue weighted by atomic mass is 10.1. The SMILES string of the molecule is Cc1cc(C(=O)N(C)Cc2csc(Br)c2)c(F)cc1F. The van der Waals surface area contributed by atoms with Crippen LogP contribution >= 0.6 is 27.3 Å². The van der Waals surface area contributed by atoms with Crippen LogP contribution in [-0.2, 0) is 6.54 Å². The second-order valence-electron chi connectivity index (χ2n) is 4.50. The van der Waals surface area contributed by atoms with E-state index in [4.69, 9.17) is 0 Å². The molecule has 0 radical (unpaired) electrons. The molecule has 20 heavy (non-hydrogen) atoms. The molecular formula is C14H12BrF2NOS. The molecule has 0 fully saturated rings. The Morgan fingerprint density at radius 2 is 2.00 bits per heavy atom. The van der Waals surface area contributed by atoms with Gasteiger partial charge in [-0.2, -0.15) is 0 Å². The van der Waals surface area contributed by atoms with Gasteiger partial charge in [0, 0.05) is 19.7 Å². The van der Waals surface area contributed by atoms with Crippen molar-refractivity contribution in [3.63, 3.8) is 0 Å². The molecule has 1 amide bonds. The van der Waals surface area contributed by atoms with Gasteiger partial charge in [-0.05, 0) is 51.5 Å². The summed E-state index contributed by atoms with van der Waals surface area (Å²) < 4.78 is 27.9. The van der Waals surface area contributed by atoms with Gasteiger partial charge in [0.1, 0.15) is 11.6 Å². The third-order valence-electron chi connectivity index (χ3n) is 2.87. The predicted octanol–water partition coefficient (Wildman–Crippen LogP) is 4.37. The number of hydrogen-bond donors (Lipinski definition) is 0. The fourth-order valence-electron chi connectivity index (χ4n) is 1.80. The van der Waals surface area contributed by atoms with E-state index in [-0.39, 0.29) is 11.1 Å². The van der Waals surface area contributed by atoms with Gasteiger partial charge in [-0.3, -0.25) is 4.79 Å². The number of thiophene rings is 1. The molecule has 0 aliphatic heterocycles. The van der Waals surface area contributed by atoms with E-state index >= 15 is 0 Å². The van der Waals surface area contributed by atoms with Gasteiger partial charge in [-0.25, -0.2) is 8.78 Å². The van der Waals surface area contributed by atoms with Gasteiger partial charge in [0.15, 0.2) is 0 Å². The number of benzene rings is 1. The summed E-state index contributed by atoms with van der Waals surface area (Å²) in [5.41, 5.74) is 1.10. The molecule has 1 heterocycles. The Morgan fingerprint density at radius 3 is 2.60 bits per heavy atom. The van der Waals surface area contributed by atoms with Crippen molar-refractivity contribution in [1.82, 2.24) is 4.90 Å². The molecular weight excluding hydrogens is 348 g/mol. The number of nitrogens with zero attached hydrogens (tertiary/aromatic N) is 1. The van der Waals surface area contributed by atoms with Crippen LogP contribution in [0.15, 0.2) is 27.4 Å². The molecule has 0 N–H and O–H groups in total. The van der Waals surface area contributed by atoms with Crippen molar-refractivity contribution in [3.8, 4) is 0 Å². The predicted molar refractivity (Wildman–Crippen MR) is 78.9 cm³/mol. The summed E-state index contributed by atoms with van der Waals surface area (Å²) in [5.74, 6) is -1.95. The molecule has 2 rings (SSSR count). The minimum Gasteiger partial charge on any atom is -0.337 e. The number of carbonyl (C=O) groups is 1. The largest absolute Gasteiger partial charge is 0.337 e. The molecule has 106 valence electrons. The standard InChI is InChI=1S/C14H12BrF2NOS/c1-8-3-10(12(17)5-11(8)16)14(19)18(2)6-9-4-13(15)20-7-9/h3-5,7H,6H2,1-2H3. The lowest BCUT2D eigenvalue weighted by molar-refractivity contribution is 0.0780. The van der Waals surface area contributed by atoms with Gasteiger partial charge in [0.2, 0.25) is 0 Å².